The number of rotatable bonds is 7. The number of nitrogens with one attached hydrogen (secondary N) is 1. The molecule has 6 nitrogen and oxygen atoms in total. The summed E-state index contributed by atoms with van der Waals surface area (Å²) in [5.74, 6) is 0.199. The minimum Gasteiger partial charge on any atom is -0.379 e. The predicted molar refractivity (Wildman–Crippen MR) is 89.7 cm³/mol. The van der Waals surface area contributed by atoms with Gasteiger partial charge in [-0.05, 0) is 30.5 Å². The van der Waals surface area contributed by atoms with Crippen molar-refractivity contribution in [3.63, 3.8) is 0 Å². The third-order valence-electron chi connectivity index (χ3n) is 4.12. The molecule has 134 valence electrons. The summed E-state index contributed by atoms with van der Waals surface area (Å²) in [5.41, 5.74) is 1.34. The van der Waals surface area contributed by atoms with E-state index in [1.54, 1.807) is 18.2 Å². The van der Waals surface area contributed by atoms with Gasteiger partial charge in [-0.2, -0.15) is 0 Å². The number of amides is 1. The number of ether oxygens (including phenoxy) is 1. The average molecular weight is 347 g/mol. The molecule has 0 aliphatic carbocycles. The van der Waals surface area contributed by atoms with Gasteiger partial charge in [-0.15, -0.1) is 0 Å². The molecule has 3 rings (SSSR count). The van der Waals surface area contributed by atoms with Gasteiger partial charge in [0, 0.05) is 25.7 Å². The van der Waals surface area contributed by atoms with Crippen LogP contribution in [0.4, 0.5) is 4.39 Å². The van der Waals surface area contributed by atoms with Crippen LogP contribution in [0.1, 0.15) is 28.2 Å². The Morgan fingerprint density at radius 1 is 1.24 bits per heavy atom. The maximum absolute atomic E-state index is 12.8. The summed E-state index contributed by atoms with van der Waals surface area (Å²) in [7, 11) is 0. The molecule has 25 heavy (non-hydrogen) atoms. The fourth-order valence-electron chi connectivity index (χ4n) is 2.71. The van der Waals surface area contributed by atoms with Crippen LogP contribution in [0.15, 0.2) is 34.9 Å². The molecular weight excluding hydrogens is 325 g/mol. The first-order chi connectivity index (χ1) is 12.2. The van der Waals surface area contributed by atoms with Gasteiger partial charge in [0.1, 0.15) is 5.82 Å². The van der Waals surface area contributed by atoms with E-state index in [0.717, 1.165) is 44.7 Å². The molecular formula is C18H22FN3O3. The molecule has 1 aliphatic heterocycles. The molecule has 1 amide bonds. The summed E-state index contributed by atoms with van der Waals surface area (Å²) >= 11 is 0. The van der Waals surface area contributed by atoms with Gasteiger partial charge in [0.15, 0.2) is 11.5 Å². The van der Waals surface area contributed by atoms with Crippen molar-refractivity contribution in [2.75, 3.05) is 32.8 Å². The number of hydrogen-bond acceptors (Lipinski definition) is 5. The molecule has 1 saturated heterocycles. The van der Waals surface area contributed by atoms with Crippen LogP contribution >= 0.6 is 0 Å². The van der Waals surface area contributed by atoms with Crippen molar-refractivity contribution >= 4 is 5.91 Å². The summed E-state index contributed by atoms with van der Waals surface area (Å²) < 4.78 is 23.4. The molecule has 0 saturated carbocycles. The lowest BCUT2D eigenvalue weighted by molar-refractivity contribution is 0.0305. The summed E-state index contributed by atoms with van der Waals surface area (Å²) in [4.78, 5) is 14.3. The van der Waals surface area contributed by atoms with Crippen molar-refractivity contribution in [1.29, 1.82) is 0 Å². The second-order valence-electron chi connectivity index (χ2n) is 6.05. The number of nitrogens with zero attached hydrogens (tertiary/aromatic N) is 2. The molecule has 1 aliphatic rings. The second-order valence-corrected chi connectivity index (χ2v) is 6.05. The van der Waals surface area contributed by atoms with Crippen molar-refractivity contribution in [2.45, 2.75) is 19.4 Å². The Bertz CT molecular complexity index is 681. The molecule has 7 heteroatoms. The third-order valence-corrected chi connectivity index (χ3v) is 4.12. The molecule has 0 atom stereocenters. The van der Waals surface area contributed by atoms with Crippen molar-refractivity contribution in [3.05, 3.63) is 53.2 Å². The zero-order valence-electron chi connectivity index (χ0n) is 14.0. The van der Waals surface area contributed by atoms with Crippen LogP contribution in [-0.2, 0) is 17.7 Å². The lowest BCUT2D eigenvalue weighted by Crippen LogP contribution is -2.35. The lowest BCUT2D eigenvalue weighted by Gasteiger charge is -2.25. The zero-order valence-corrected chi connectivity index (χ0v) is 14.0. The van der Waals surface area contributed by atoms with Crippen LogP contribution < -0.4 is 5.32 Å². The van der Waals surface area contributed by atoms with E-state index in [4.69, 9.17) is 9.26 Å². The molecule has 1 aromatic heterocycles. The Hall–Kier alpha value is -2.25. The molecule has 1 N–H and O–H groups in total. The summed E-state index contributed by atoms with van der Waals surface area (Å²) in [6.07, 6.45) is 1.55. The van der Waals surface area contributed by atoms with Crippen LogP contribution in [0.3, 0.4) is 0 Å². The molecule has 0 radical (unpaired) electrons. The van der Waals surface area contributed by atoms with Crippen LogP contribution in [0.2, 0.25) is 0 Å². The van der Waals surface area contributed by atoms with E-state index < -0.39 is 0 Å². The quantitative estimate of drug-likeness (QED) is 0.776. The standard InChI is InChI=1S/C18H22FN3O3/c19-15-5-3-14(4-6-15)2-1-7-20-18(23)17-12-16(25-21-17)13-22-8-10-24-11-9-22/h3-6,12H,1-2,7-11,13H2,(H,20,23). The highest BCUT2D eigenvalue weighted by atomic mass is 19.1. The van der Waals surface area contributed by atoms with Gasteiger partial charge in [0.25, 0.3) is 5.91 Å². The highest BCUT2D eigenvalue weighted by molar-refractivity contribution is 5.92. The number of carbonyl (C=O) groups is 1. The smallest absolute Gasteiger partial charge is 0.273 e. The monoisotopic (exact) mass is 347 g/mol. The van der Waals surface area contributed by atoms with Crippen molar-refractivity contribution in [2.24, 2.45) is 0 Å². The largest absolute Gasteiger partial charge is 0.379 e. The normalized spacial score (nSPS) is 15.2. The Labute approximate surface area is 145 Å². The van der Waals surface area contributed by atoms with E-state index in [9.17, 15) is 9.18 Å². The van der Waals surface area contributed by atoms with E-state index in [1.807, 2.05) is 0 Å². The molecule has 0 bridgehead atoms. The first-order valence-corrected chi connectivity index (χ1v) is 8.49. The topological polar surface area (TPSA) is 67.6 Å². The molecule has 1 aromatic carbocycles. The second kappa shape index (κ2) is 8.73. The van der Waals surface area contributed by atoms with E-state index in [0.29, 0.717) is 24.5 Å². The van der Waals surface area contributed by atoms with E-state index >= 15 is 0 Å². The molecule has 2 heterocycles. The summed E-state index contributed by atoms with van der Waals surface area (Å²) in [6, 6.07) is 8.09. The van der Waals surface area contributed by atoms with E-state index in [-0.39, 0.29) is 11.7 Å². The molecule has 2 aromatic rings. The Kier molecular flexibility index (Phi) is 6.14. The Morgan fingerprint density at radius 3 is 2.76 bits per heavy atom. The van der Waals surface area contributed by atoms with Crippen LogP contribution in [0.25, 0.3) is 0 Å². The number of halogens is 1. The predicted octanol–water partition coefficient (Wildman–Crippen LogP) is 2.01. The maximum atomic E-state index is 12.8. The van der Waals surface area contributed by atoms with Gasteiger partial charge in [0.2, 0.25) is 0 Å². The first kappa shape index (κ1) is 17.6. The van der Waals surface area contributed by atoms with E-state index in [2.05, 4.69) is 15.4 Å². The Morgan fingerprint density at radius 2 is 2.00 bits per heavy atom. The van der Waals surface area contributed by atoms with Gasteiger partial charge in [0.05, 0.1) is 19.8 Å². The van der Waals surface area contributed by atoms with Gasteiger partial charge in [-0.1, -0.05) is 17.3 Å². The SMILES string of the molecule is O=C(NCCCc1ccc(F)cc1)c1cc(CN2CCOCC2)on1. The lowest BCUT2D eigenvalue weighted by atomic mass is 10.1. The highest BCUT2D eigenvalue weighted by Gasteiger charge is 2.16. The maximum Gasteiger partial charge on any atom is 0.273 e. The number of carbonyl (C=O) groups excluding carboxylic acids is 1. The minimum atomic E-state index is -0.240. The van der Waals surface area contributed by atoms with Crippen molar-refractivity contribution < 1.29 is 18.4 Å². The number of aryl methyl sites for hydroxylation is 1. The van der Waals surface area contributed by atoms with Crippen LogP contribution in [0, 0.1) is 5.82 Å². The molecule has 0 unspecified atom stereocenters. The molecule has 0 spiro atoms. The minimum absolute atomic E-state index is 0.240. The number of morpholine rings is 1. The van der Waals surface area contributed by atoms with Gasteiger partial charge in [-0.3, -0.25) is 9.69 Å². The average Bonchev–Trinajstić information content (AvgIpc) is 3.09. The summed E-state index contributed by atoms with van der Waals surface area (Å²) in [6.45, 7) is 4.30. The van der Waals surface area contributed by atoms with Gasteiger partial charge >= 0.3 is 0 Å². The fraction of sp³-hybridized carbons (Fsp3) is 0.444. The number of hydrogen-bond donors (Lipinski definition) is 1. The zero-order chi connectivity index (χ0) is 17.5. The number of aromatic nitrogens is 1. The van der Waals surface area contributed by atoms with Gasteiger partial charge < -0.3 is 14.6 Å². The third kappa shape index (κ3) is 5.37. The fourth-order valence-corrected chi connectivity index (χ4v) is 2.71. The number of benzene rings is 1. The van der Waals surface area contributed by atoms with Gasteiger partial charge in [-0.25, -0.2) is 4.39 Å². The first-order valence-electron chi connectivity index (χ1n) is 8.49. The van der Waals surface area contributed by atoms with E-state index in [1.165, 1.54) is 12.1 Å². The van der Waals surface area contributed by atoms with Crippen LogP contribution in [0.5, 0.6) is 0 Å². The van der Waals surface area contributed by atoms with Crippen molar-refractivity contribution in [1.82, 2.24) is 15.4 Å². The summed E-state index contributed by atoms with van der Waals surface area (Å²) in [5, 5.41) is 6.67. The Balaban J connectivity index is 1.40. The molecule has 1 fully saturated rings. The van der Waals surface area contributed by atoms with Crippen LogP contribution in [-0.4, -0.2) is 48.8 Å². The van der Waals surface area contributed by atoms with Crippen molar-refractivity contribution in [3.8, 4) is 0 Å². The highest BCUT2D eigenvalue weighted by Crippen LogP contribution is 2.09.